The van der Waals surface area contributed by atoms with Gasteiger partial charge >= 0.3 is 0 Å². The van der Waals surface area contributed by atoms with Crippen molar-refractivity contribution in [3.63, 3.8) is 0 Å². The molecule has 29 heavy (non-hydrogen) atoms. The van der Waals surface area contributed by atoms with Crippen molar-refractivity contribution in [2.45, 2.75) is 11.8 Å². The predicted molar refractivity (Wildman–Crippen MR) is 104 cm³/mol. The van der Waals surface area contributed by atoms with Crippen molar-refractivity contribution in [1.29, 1.82) is 0 Å². The number of rotatable bonds is 6. The smallest absolute Gasteiger partial charge is 0.279 e. The number of aromatic nitrogens is 2. The highest BCUT2D eigenvalue weighted by atomic mass is 32.2. The summed E-state index contributed by atoms with van der Waals surface area (Å²) in [5.74, 6) is -0.613. The lowest BCUT2D eigenvalue weighted by Gasteiger charge is -2.15. The molecule has 0 unspecified atom stereocenters. The molecular weight excluding hydrogens is 400 g/mol. The number of hydrogen-bond donors (Lipinski definition) is 1. The predicted octanol–water partition coefficient (Wildman–Crippen LogP) is 1.30. The van der Waals surface area contributed by atoms with Crippen molar-refractivity contribution in [2.24, 2.45) is 10.8 Å². The molecule has 2 N–H and O–H groups in total. The van der Waals surface area contributed by atoms with Crippen LogP contribution in [-0.2, 0) is 10.0 Å². The second-order valence-electron chi connectivity index (χ2n) is 6.10. The molecule has 0 bridgehead atoms. The van der Waals surface area contributed by atoms with E-state index in [1.807, 2.05) is 0 Å². The minimum Gasteiger partial charge on any atom is -0.366 e. The van der Waals surface area contributed by atoms with Crippen molar-refractivity contribution >= 4 is 33.3 Å². The molecule has 2 heterocycles. The molecule has 0 spiro atoms. The van der Waals surface area contributed by atoms with E-state index in [1.54, 1.807) is 6.20 Å². The van der Waals surface area contributed by atoms with Crippen LogP contribution in [0.2, 0.25) is 0 Å². The van der Waals surface area contributed by atoms with E-state index in [0.717, 1.165) is 6.07 Å². The van der Waals surface area contributed by atoms with Gasteiger partial charge in [0.2, 0.25) is 5.91 Å². The van der Waals surface area contributed by atoms with E-state index in [0.29, 0.717) is 21.1 Å². The van der Waals surface area contributed by atoms with Gasteiger partial charge in [-0.25, -0.2) is 4.52 Å². The standard InChI is InChI=1S/C17H16N6O5S/c1-11-3-4-14(23(25)26)8-16(11)29(27,28)21(2)19-9-13-10-20-22-6-5-12(17(18)24)7-15(13)22/h3-10H,1-2H3,(H2,18,24). The molecular formula is C17H16N6O5S. The first kappa shape index (κ1) is 19.9. The quantitative estimate of drug-likeness (QED) is 0.363. The zero-order chi connectivity index (χ0) is 21.3. The molecule has 11 nitrogen and oxygen atoms in total. The van der Waals surface area contributed by atoms with Crippen LogP contribution in [0.5, 0.6) is 0 Å². The fraction of sp³-hybridized carbons (Fsp3) is 0.118. The number of non-ortho nitro benzene ring substituents is 1. The normalized spacial score (nSPS) is 11.8. The summed E-state index contributed by atoms with van der Waals surface area (Å²) in [4.78, 5) is 21.4. The molecule has 2 aromatic heterocycles. The number of sulfonamides is 1. The highest BCUT2D eigenvalue weighted by Crippen LogP contribution is 2.24. The molecule has 0 fully saturated rings. The third-order valence-corrected chi connectivity index (χ3v) is 5.99. The van der Waals surface area contributed by atoms with Crippen LogP contribution < -0.4 is 5.73 Å². The summed E-state index contributed by atoms with van der Waals surface area (Å²) in [6, 6.07) is 6.60. The maximum absolute atomic E-state index is 12.8. The van der Waals surface area contributed by atoms with Crippen molar-refractivity contribution in [2.75, 3.05) is 7.05 Å². The molecule has 0 saturated carbocycles. The van der Waals surface area contributed by atoms with E-state index in [9.17, 15) is 23.3 Å². The molecule has 3 aromatic rings. The van der Waals surface area contributed by atoms with Crippen LogP contribution in [0.1, 0.15) is 21.5 Å². The van der Waals surface area contributed by atoms with Gasteiger partial charge in [-0.15, -0.1) is 0 Å². The number of aryl methyl sites for hydroxylation is 1. The number of nitrogens with two attached hydrogens (primary N) is 1. The van der Waals surface area contributed by atoms with Crippen molar-refractivity contribution in [3.05, 3.63) is 69.5 Å². The van der Waals surface area contributed by atoms with Gasteiger partial charge in [0.1, 0.15) is 0 Å². The second-order valence-corrected chi connectivity index (χ2v) is 8.02. The van der Waals surface area contributed by atoms with Gasteiger partial charge in [-0.05, 0) is 24.6 Å². The topological polar surface area (TPSA) is 153 Å². The second kappa shape index (κ2) is 7.31. The number of hydrazone groups is 1. The van der Waals surface area contributed by atoms with Crippen LogP contribution in [0.25, 0.3) is 5.52 Å². The van der Waals surface area contributed by atoms with E-state index in [2.05, 4.69) is 10.2 Å². The Hall–Kier alpha value is -3.80. The number of nitrogens with zero attached hydrogens (tertiary/aromatic N) is 5. The fourth-order valence-corrected chi connectivity index (χ4v) is 3.78. The summed E-state index contributed by atoms with van der Waals surface area (Å²) in [7, 11) is -2.91. The Kier molecular flexibility index (Phi) is 5.03. The van der Waals surface area contributed by atoms with Crippen LogP contribution in [0.15, 0.2) is 52.7 Å². The van der Waals surface area contributed by atoms with E-state index in [-0.39, 0.29) is 16.1 Å². The van der Waals surface area contributed by atoms with Gasteiger partial charge in [0, 0.05) is 36.5 Å². The van der Waals surface area contributed by atoms with Gasteiger partial charge in [-0.3, -0.25) is 14.9 Å². The number of primary amides is 1. The highest BCUT2D eigenvalue weighted by molar-refractivity contribution is 7.89. The summed E-state index contributed by atoms with van der Waals surface area (Å²) in [5, 5.41) is 19.0. The number of carbonyl (C=O) groups is 1. The highest BCUT2D eigenvalue weighted by Gasteiger charge is 2.24. The maximum atomic E-state index is 12.8. The number of fused-ring (bicyclic) bond motifs is 1. The molecule has 0 radical (unpaired) electrons. The summed E-state index contributed by atoms with van der Waals surface area (Å²) in [6.07, 6.45) is 4.25. The number of nitro benzene ring substituents is 1. The van der Waals surface area contributed by atoms with Crippen LogP contribution in [0.4, 0.5) is 5.69 Å². The Morgan fingerprint density at radius 3 is 2.72 bits per heavy atom. The summed E-state index contributed by atoms with van der Waals surface area (Å²) >= 11 is 0. The van der Waals surface area contributed by atoms with Gasteiger partial charge < -0.3 is 5.73 Å². The minimum atomic E-state index is -4.12. The van der Waals surface area contributed by atoms with Crippen LogP contribution in [0.3, 0.4) is 0 Å². The molecule has 1 aromatic carbocycles. The Morgan fingerprint density at radius 1 is 1.34 bits per heavy atom. The Labute approximate surface area is 165 Å². The maximum Gasteiger partial charge on any atom is 0.279 e. The van der Waals surface area contributed by atoms with E-state index in [1.165, 1.54) is 55.2 Å². The molecule has 0 aliphatic carbocycles. The lowest BCUT2D eigenvalue weighted by atomic mass is 10.2. The fourth-order valence-electron chi connectivity index (χ4n) is 2.58. The van der Waals surface area contributed by atoms with Gasteiger partial charge in [-0.1, -0.05) is 6.07 Å². The lowest BCUT2D eigenvalue weighted by Crippen LogP contribution is -2.22. The van der Waals surface area contributed by atoms with Crippen molar-refractivity contribution < 1.29 is 18.1 Å². The first-order chi connectivity index (χ1) is 13.6. The van der Waals surface area contributed by atoms with Gasteiger partial charge in [-0.2, -0.15) is 23.0 Å². The Morgan fingerprint density at radius 2 is 2.07 bits per heavy atom. The van der Waals surface area contributed by atoms with Crippen LogP contribution in [-0.4, -0.2) is 46.5 Å². The van der Waals surface area contributed by atoms with Gasteiger partial charge in [0.25, 0.3) is 15.7 Å². The van der Waals surface area contributed by atoms with Gasteiger partial charge in [0.05, 0.1) is 27.7 Å². The average Bonchev–Trinajstić information content (AvgIpc) is 3.08. The minimum absolute atomic E-state index is 0.220. The van der Waals surface area contributed by atoms with Crippen molar-refractivity contribution in [3.8, 4) is 0 Å². The largest absolute Gasteiger partial charge is 0.366 e. The third kappa shape index (κ3) is 3.78. The molecule has 12 heteroatoms. The number of carbonyl (C=O) groups excluding carboxylic acids is 1. The Balaban J connectivity index is 1.96. The Bertz CT molecular complexity index is 1260. The molecule has 0 aliphatic rings. The molecule has 0 saturated heterocycles. The summed E-state index contributed by atoms with van der Waals surface area (Å²) in [5.41, 5.74) is 6.50. The summed E-state index contributed by atoms with van der Waals surface area (Å²) in [6.45, 7) is 1.53. The molecule has 150 valence electrons. The molecule has 0 aliphatic heterocycles. The zero-order valence-electron chi connectivity index (χ0n) is 15.4. The molecule has 0 atom stereocenters. The van der Waals surface area contributed by atoms with E-state index >= 15 is 0 Å². The van der Waals surface area contributed by atoms with E-state index in [4.69, 9.17) is 5.73 Å². The van der Waals surface area contributed by atoms with E-state index < -0.39 is 20.9 Å². The molecule has 3 rings (SSSR count). The summed E-state index contributed by atoms with van der Waals surface area (Å²) < 4.78 is 27.8. The number of benzene rings is 1. The van der Waals surface area contributed by atoms with Crippen LogP contribution in [0, 0.1) is 17.0 Å². The number of hydrogen-bond acceptors (Lipinski definition) is 7. The number of nitro groups is 1. The first-order valence-electron chi connectivity index (χ1n) is 8.16. The van der Waals surface area contributed by atoms with Gasteiger partial charge in [0.15, 0.2) is 0 Å². The van der Waals surface area contributed by atoms with Crippen LogP contribution >= 0.6 is 0 Å². The third-order valence-electron chi connectivity index (χ3n) is 4.20. The number of pyridine rings is 1. The lowest BCUT2D eigenvalue weighted by molar-refractivity contribution is -0.385. The first-order valence-corrected chi connectivity index (χ1v) is 9.60. The van der Waals surface area contributed by atoms with Crippen molar-refractivity contribution in [1.82, 2.24) is 14.0 Å². The molecule has 1 amide bonds. The average molecular weight is 416 g/mol. The monoisotopic (exact) mass is 416 g/mol. The zero-order valence-corrected chi connectivity index (χ0v) is 16.2. The SMILES string of the molecule is Cc1ccc([N+](=O)[O-])cc1S(=O)(=O)N(C)N=Cc1cnn2ccc(C(N)=O)cc12. The number of amides is 1.